The lowest BCUT2D eigenvalue weighted by Crippen LogP contribution is -2.43. The first kappa shape index (κ1) is 23.4. The molecular weight excluding hydrogens is 436 g/mol. The number of pyridine rings is 1. The smallest absolute Gasteiger partial charge is 0.240 e. The van der Waals surface area contributed by atoms with Crippen molar-refractivity contribution in [3.8, 4) is 11.3 Å². The fraction of sp³-hybridized carbons (Fsp3) is 0.440. The lowest BCUT2D eigenvalue weighted by molar-refractivity contribution is -0.126. The molecule has 4 rings (SSSR count). The van der Waals surface area contributed by atoms with Crippen molar-refractivity contribution in [3.63, 3.8) is 0 Å². The highest BCUT2D eigenvalue weighted by molar-refractivity contribution is 7.89. The molecule has 33 heavy (non-hydrogen) atoms. The van der Waals surface area contributed by atoms with Crippen molar-refractivity contribution in [2.24, 2.45) is 11.8 Å². The Kier molecular flexibility index (Phi) is 6.86. The van der Waals surface area contributed by atoms with Crippen LogP contribution >= 0.6 is 0 Å². The summed E-state index contributed by atoms with van der Waals surface area (Å²) in [5.74, 6) is 0.420. The Morgan fingerprint density at radius 2 is 1.85 bits per heavy atom. The number of aromatic amines is 1. The minimum atomic E-state index is -3.65. The zero-order chi connectivity index (χ0) is 23.6. The molecule has 1 fully saturated rings. The summed E-state index contributed by atoms with van der Waals surface area (Å²) in [6.07, 6.45) is 6.18. The van der Waals surface area contributed by atoms with Crippen LogP contribution in [0.3, 0.4) is 0 Å². The van der Waals surface area contributed by atoms with Crippen LogP contribution in [0.25, 0.3) is 22.2 Å². The van der Waals surface area contributed by atoms with Crippen LogP contribution in [0.4, 0.5) is 0 Å². The molecule has 1 unspecified atom stereocenters. The van der Waals surface area contributed by atoms with E-state index in [1.54, 1.807) is 30.6 Å². The highest BCUT2D eigenvalue weighted by Gasteiger charge is 2.30. The molecule has 0 aliphatic heterocycles. The Bertz CT molecular complexity index is 1210. The molecule has 3 N–H and O–H groups in total. The van der Waals surface area contributed by atoms with E-state index in [4.69, 9.17) is 0 Å². The van der Waals surface area contributed by atoms with E-state index < -0.39 is 10.0 Å². The first-order valence-electron chi connectivity index (χ1n) is 11.6. The zero-order valence-electron chi connectivity index (χ0n) is 19.3. The lowest BCUT2D eigenvalue weighted by Gasteiger charge is -2.29. The summed E-state index contributed by atoms with van der Waals surface area (Å²) >= 11 is 0. The molecule has 0 saturated heterocycles. The van der Waals surface area contributed by atoms with Crippen molar-refractivity contribution in [1.82, 2.24) is 20.0 Å². The Labute approximate surface area is 195 Å². The van der Waals surface area contributed by atoms with Gasteiger partial charge in [-0.2, -0.15) is 0 Å². The molecule has 2 aromatic heterocycles. The Morgan fingerprint density at radius 3 is 2.52 bits per heavy atom. The first-order chi connectivity index (χ1) is 15.7. The average Bonchev–Trinajstić information content (AvgIpc) is 3.23. The Balaban J connectivity index is 1.40. The topological polar surface area (TPSA) is 104 Å². The van der Waals surface area contributed by atoms with Gasteiger partial charge in [0.15, 0.2) is 0 Å². The van der Waals surface area contributed by atoms with Crippen LogP contribution in [-0.4, -0.2) is 36.4 Å². The minimum absolute atomic E-state index is 0.0472. The molecule has 1 aliphatic carbocycles. The van der Waals surface area contributed by atoms with Gasteiger partial charge in [0, 0.05) is 52.6 Å². The van der Waals surface area contributed by atoms with Crippen LogP contribution < -0.4 is 10.0 Å². The van der Waals surface area contributed by atoms with E-state index in [2.05, 4.69) is 33.9 Å². The van der Waals surface area contributed by atoms with E-state index in [0.717, 1.165) is 22.2 Å². The number of sulfonamides is 1. The number of rotatable bonds is 7. The summed E-state index contributed by atoms with van der Waals surface area (Å²) in [6, 6.07) is 10.8. The van der Waals surface area contributed by atoms with E-state index in [1.165, 1.54) is 0 Å². The molecule has 1 aromatic carbocycles. The van der Waals surface area contributed by atoms with Gasteiger partial charge in [-0.05, 0) is 74.9 Å². The molecule has 1 atom stereocenters. The van der Waals surface area contributed by atoms with Crippen molar-refractivity contribution < 1.29 is 13.2 Å². The molecular formula is C25H32N4O3S. The maximum atomic E-state index is 13.0. The van der Waals surface area contributed by atoms with E-state index in [1.807, 2.05) is 25.1 Å². The number of hydrogen-bond acceptors (Lipinski definition) is 4. The van der Waals surface area contributed by atoms with Gasteiger partial charge >= 0.3 is 0 Å². The van der Waals surface area contributed by atoms with Gasteiger partial charge in [0.2, 0.25) is 15.9 Å². The average molecular weight is 469 g/mol. The van der Waals surface area contributed by atoms with E-state index >= 15 is 0 Å². The summed E-state index contributed by atoms with van der Waals surface area (Å²) in [5, 5.41) is 3.91. The SMILES string of the molecule is CC(C)C(C)NC(=O)C1CCC(NS(=O)(=O)c2ccc3[nH]c(-c4cccnc4)cc3c2)CC1. The van der Waals surface area contributed by atoms with Gasteiger partial charge in [0.05, 0.1) is 4.90 Å². The number of aromatic nitrogens is 2. The van der Waals surface area contributed by atoms with E-state index in [-0.39, 0.29) is 28.8 Å². The Hall–Kier alpha value is -2.71. The number of H-pyrrole nitrogens is 1. The van der Waals surface area contributed by atoms with Crippen molar-refractivity contribution in [2.75, 3.05) is 0 Å². The molecule has 1 saturated carbocycles. The number of nitrogens with zero attached hydrogens (tertiary/aromatic N) is 1. The monoisotopic (exact) mass is 468 g/mol. The second-order valence-electron chi connectivity index (χ2n) is 9.38. The van der Waals surface area contributed by atoms with Crippen LogP contribution in [0.5, 0.6) is 0 Å². The highest BCUT2D eigenvalue weighted by atomic mass is 32.2. The van der Waals surface area contributed by atoms with Crippen molar-refractivity contribution in [3.05, 3.63) is 48.8 Å². The number of nitrogens with one attached hydrogen (secondary N) is 3. The van der Waals surface area contributed by atoms with E-state index in [0.29, 0.717) is 31.6 Å². The third kappa shape index (κ3) is 5.45. The van der Waals surface area contributed by atoms with Gasteiger partial charge in [0.25, 0.3) is 0 Å². The standard InChI is InChI=1S/C25H32N4O3S/c1-16(2)17(3)27-25(30)18-6-8-21(9-7-18)29-33(31,32)22-10-11-23-20(13-22)14-24(28-23)19-5-4-12-26-15-19/h4-5,10-18,21,28-29H,6-9H2,1-3H3,(H,27,30). The normalized spacial score (nSPS) is 20.1. The van der Waals surface area contributed by atoms with Gasteiger partial charge in [-0.3, -0.25) is 9.78 Å². The van der Waals surface area contributed by atoms with Crippen molar-refractivity contribution in [1.29, 1.82) is 0 Å². The maximum Gasteiger partial charge on any atom is 0.240 e. The quantitative estimate of drug-likeness (QED) is 0.483. The molecule has 176 valence electrons. The molecule has 2 heterocycles. The minimum Gasteiger partial charge on any atom is -0.354 e. The van der Waals surface area contributed by atoms with Crippen LogP contribution in [0.2, 0.25) is 0 Å². The predicted molar refractivity (Wildman–Crippen MR) is 130 cm³/mol. The predicted octanol–water partition coefficient (Wildman–Crippen LogP) is 4.23. The molecule has 7 nitrogen and oxygen atoms in total. The van der Waals surface area contributed by atoms with Gasteiger partial charge < -0.3 is 10.3 Å². The summed E-state index contributed by atoms with van der Waals surface area (Å²) in [5.41, 5.74) is 2.71. The van der Waals surface area contributed by atoms with Crippen molar-refractivity contribution >= 4 is 26.8 Å². The van der Waals surface area contributed by atoms with Crippen LogP contribution in [0.15, 0.2) is 53.7 Å². The second kappa shape index (κ2) is 9.65. The number of carbonyl (C=O) groups is 1. The summed E-state index contributed by atoms with van der Waals surface area (Å²) < 4.78 is 28.9. The highest BCUT2D eigenvalue weighted by Crippen LogP contribution is 2.28. The molecule has 0 spiro atoms. The Morgan fingerprint density at radius 1 is 1.09 bits per heavy atom. The third-order valence-electron chi connectivity index (χ3n) is 6.66. The largest absolute Gasteiger partial charge is 0.354 e. The number of amides is 1. The zero-order valence-corrected chi connectivity index (χ0v) is 20.2. The number of benzene rings is 1. The van der Waals surface area contributed by atoms with Crippen LogP contribution in [0, 0.1) is 11.8 Å². The molecule has 8 heteroatoms. The van der Waals surface area contributed by atoms with E-state index in [9.17, 15) is 13.2 Å². The molecule has 1 aliphatic rings. The van der Waals surface area contributed by atoms with Gasteiger partial charge in [0.1, 0.15) is 0 Å². The fourth-order valence-electron chi connectivity index (χ4n) is 4.23. The van der Waals surface area contributed by atoms with Gasteiger partial charge in [-0.1, -0.05) is 13.8 Å². The summed E-state index contributed by atoms with van der Waals surface area (Å²) in [4.78, 5) is 20.2. The number of fused-ring (bicyclic) bond motifs is 1. The molecule has 1 amide bonds. The maximum absolute atomic E-state index is 13.0. The van der Waals surface area contributed by atoms with Crippen LogP contribution in [0.1, 0.15) is 46.5 Å². The molecule has 3 aromatic rings. The second-order valence-corrected chi connectivity index (χ2v) is 11.1. The fourth-order valence-corrected chi connectivity index (χ4v) is 5.57. The summed E-state index contributed by atoms with van der Waals surface area (Å²) in [7, 11) is -3.65. The molecule has 0 radical (unpaired) electrons. The molecule has 0 bridgehead atoms. The van der Waals surface area contributed by atoms with Crippen LogP contribution in [-0.2, 0) is 14.8 Å². The third-order valence-corrected chi connectivity index (χ3v) is 8.18. The van der Waals surface area contributed by atoms with Gasteiger partial charge in [-0.25, -0.2) is 13.1 Å². The van der Waals surface area contributed by atoms with Gasteiger partial charge in [-0.15, -0.1) is 0 Å². The lowest BCUT2D eigenvalue weighted by atomic mass is 9.85. The first-order valence-corrected chi connectivity index (χ1v) is 13.1. The number of carbonyl (C=O) groups excluding carboxylic acids is 1. The summed E-state index contributed by atoms with van der Waals surface area (Å²) in [6.45, 7) is 6.19. The van der Waals surface area contributed by atoms with Crippen molar-refractivity contribution in [2.45, 2.75) is 63.4 Å². The number of hydrogen-bond donors (Lipinski definition) is 3.